The van der Waals surface area contributed by atoms with Crippen LogP contribution in [-0.4, -0.2) is 81.0 Å². The van der Waals surface area contributed by atoms with Crippen molar-refractivity contribution in [1.82, 2.24) is 30.8 Å². The van der Waals surface area contributed by atoms with Crippen molar-refractivity contribution in [2.45, 2.75) is 96.1 Å². The van der Waals surface area contributed by atoms with E-state index in [0.717, 1.165) is 16.5 Å². The first kappa shape index (κ1) is 40.4. The number of cyclic esters (lactones) is 1. The van der Waals surface area contributed by atoms with Crippen LogP contribution in [0.5, 0.6) is 0 Å². The zero-order chi connectivity index (χ0) is 41.6. The van der Waals surface area contributed by atoms with Crippen molar-refractivity contribution < 1.29 is 48.1 Å². The van der Waals surface area contributed by atoms with Crippen molar-refractivity contribution in [3.8, 4) is 11.4 Å². The van der Waals surface area contributed by atoms with Crippen LogP contribution in [0.15, 0.2) is 16.9 Å². The Bertz CT molecular complexity index is 2320. The van der Waals surface area contributed by atoms with Crippen LogP contribution in [0.25, 0.3) is 22.3 Å². The second kappa shape index (κ2) is 15.9. The Balaban J connectivity index is 1.01. The SMILES string of the molecule is CC[C@@]1(O)C(=O)OCc2c1cc1n(c2=O)Cc2c-1nc1cc(F)c(C)c3c1c2[C@@H](NC(=O)[C@H]1C[C@@H](CCNC(=O)CNC(=O)[C@H](CCC(=O)O)NC(=O)CN)C1)CC3. The van der Waals surface area contributed by atoms with E-state index in [1.165, 1.54) is 10.6 Å². The summed E-state index contributed by atoms with van der Waals surface area (Å²) >= 11 is 0. The summed E-state index contributed by atoms with van der Waals surface area (Å²) in [7, 11) is 0. The molecule has 4 amide bonds. The number of fused-ring (bicyclic) bond motifs is 5. The highest BCUT2D eigenvalue weighted by molar-refractivity contribution is 5.94. The Morgan fingerprint density at radius 1 is 1.10 bits per heavy atom. The molecule has 0 saturated heterocycles. The zero-order valence-electron chi connectivity index (χ0n) is 32.2. The highest BCUT2D eigenvalue weighted by atomic mass is 19.1. The molecule has 4 heterocycles. The number of nitrogens with two attached hydrogens (primary N) is 1. The first-order chi connectivity index (χ1) is 27.6. The van der Waals surface area contributed by atoms with Crippen LogP contribution < -0.4 is 32.6 Å². The Labute approximate surface area is 331 Å². The second-order valence-electron chi connectivity index (χ2n) is 15.6. The lowest BCUT2D eigenvalue weighted by Crippen LogP contribution is -2.50. The number of nitrogens with zero attached hydrogens (tertiary/aromatic N) is 2. The second-order valence-corrected chi connectivity index (χ2v) is 15.6. The lowest BCUT2D eigenvalue weighted by molar-refractivity contribution is -0.172. The van der Waals surface area contributed by atoms with Gasteiger partial charge in [0.05, 0.1) is 48.1 Å². The molecule has 0 spiro atoms. The number of carboxylic acids is 1. The lowest BCUT2D eigenvalue weighted by atomic mass is 9.72. The maximum absolute atomic E-state index is 15.3. The van der Waals surface area contributed by atoms with Crippen LogP contribution in [0.1, 0.15) is 91.3 Å². The van der Waals surface area contributed by atoms with Crippen LogP contribution in [0.4, 0.5) is 4.39 Å². The summed E-state index contributed by atoms with van der Waals surface area (Å²) < 4.78 is 22.0. The molecule has 1 saturated carbocycles. The van der Waals surface area contributed by atoms with E-state index in [4.69, 9.17) is 20.6 Å². The molecule has 58 heavy (non-hydrogen) atoms. The van der Waals surface area contributed by atoms with E-state index < -0.39 is 58.7 Å². The Hall–Kier alpha value is -5.75. The van der Waals surface area contributed by atoms with Gasteiger partial charge in [0.2, 0.25) is 23.6 Å². The number of aliphatic hydroxyl groups is 1. The molecule has 3 atom stereocenters. The Morgan fingerprint density at radius 2 is 1.86 bits per heavy atom. The number of nitrogens with one attached hydrogen (secondary N) is 4. The molecule has 4 aliphatic rings. The van der Waals surface area contributed by atoms with E-state index in [2.05, 4.69) is 21.3 Å². The molecule has 0 bridgehead atoms. The average molecular weight is 804 g/mol. The molecule has 3 aromatic rings. The highest BCUT2D eigenvalue weighted by Crippen LogP contribution is 2.46. The number of ether oxygens (including phenoxy) is 1. The molecular weight excluding hydrogens is 757 g/mol. The van der Waals surface area contributed by atoms with Gasteiger partial charge in [0, 0.05) is 41.5 Å². The first-order valence-electron chi connectivity index (χ1n) is 19.5. The van der Waals surface area contributed by atoms with E-state index in [0.29, 0.717) is 66.7 Å². The van der Waals surface area contributed by atoms with Gasteiger partial charge in [-0.05, 0) is 80.5 Å². The lowest BCUT2D eigenvalue weighted by Gasteiger charge is -2.36. The molecular formula is C40H46FN7O10. The number of halogens is 1. The monoisotopic (exact) mass is 803 g/mol. The van der Waals surface area contributed by atoms with Crippen LogP contribution >= 0.6 is 0 Å². The fourth-order valence-electron chi connectivity index (χ4n) is 8.73. The number of rotatable bonds is 14. The number of carboxylic acid groups (broad SMARTS) is 1. The van der Waals surface area contributed by atoms with Crippen LogP contribution in [0, 0.1) is 24.6 Å². The number of pyridine rings is 2. The number of esters is 1. The number of amides is 4. The van der Waals surface area contributed by atoms with Gasteiger partial charge in [0.25, 0.3) is 5.56 Å². The normalized spacial score (nSPS) is 21.7. The van der Waals surface area contributed by atoms with Crippen LogP contribution in [0.3, 0.4) is 0 Å². The number of hydrogen-bond acceptors (Lipinski definition) is 11. The van der Waals surface area contributed by atoms with Gasteiger partial charge in [-0.15, -0.1) is 0 Å². The third-order valence-corrected chi connectivity index (χ3v) is 12.1. The smallest absolute Gasteiger partial charge is 0.343 e. The average Bonchev–Trinajstić information content (AvgIpc) is 3.55. The van der Waals surface area contributed by atoms with E-state index >= 15 is 4.39 Å². The van der Waals surface area contributed by atoms with Gasteiger partial charge in [-0.1, -0.05) is 6.92 Å². The van der Waals surface area contributed by atoms with Gasteiger partial charge in [-0.3, -0.25) is 28.8 Å². The summed E-state index contributed by atoms with van der Waals surface area (Å²) in [6.45, 7) is 2.74. The van der Waals surface area contributed by atoms with Crippen molar-refractivity contribution in [2.24, 2.45) is 17.6 Å². The highest BCUT2D eigenvalue weighted by Gasteiger charge is 2.46. The van der Waals surface area contributed by atoms with Crippen LogP contribution in [0.2, 0.25) is 0 Å². The largest absolute Gasteiger partial charge is 0.481 e. The summed E-state index contributed by atoms with van der Waals surface area (Å²) in [6.07, 6.45) is 2.22. The summed E-state index contributed by atoms with van der Waals surface area (Å²) in [5.41, 5.74) is 7.21. The van der Waals surface area contributed by atoms with E-state index in [1.54, 1.807) is 19.9 Å². The number of benzene rings is 1. The van der Waals surface area contributed by atoms with Gasteiger partial charge in [-0.25, -0.2) is 14.2 Å². The maximum Gasteiger partial charge on any atom is 0.343 e. The third-order valence-electron chi connectivity index (χ3n) is 12.1. The minimum absolute atomic E-state index is 0.0123. The molecule has 2 aliphatic carbocycles. The number of aromatic nitrogens is 2. The van der Waals surface area contributed by atoms with E-state index in [9.17, 15) is 38.7 Å². The molecule has 2 aliphatic heterocycles. The molecule has 1 fully saturated rings. The van der Waals surface area contributed by atoms with Crippen molar-refractivity contribution in [3.05, 3.63) is 61.7 Å². The topological polar surface area (TPSA) is 261 Å². The summed E-state index contributed by atoms with van der Waals surface area (Å²) in [4.78, 5) is 92.7. The third kappa shape index (κ3) is 7.30. The predicted molar refractivity (Wildman–Crippen MR) is 203 cm³/mol. The summed E-state index contributed by atoms with van der Waals surface area (Å²) in [5.74, 6) is -4.46. The Kier molecular flexibility index (Phi) is 11.1. The number of hydrogen-bond donors (Lipinski definition) is 7. The number of carbonyl (C=O) groups is 6. The fraction of sp³-hybridized carbons (Fsp3) is 0.500. The number of aryl methyl sites for hydroxylation is 1. The minimum Gasteiger partial charge on any atom is -0.481 e. The standard InChI is InChI=1S/C40H46FN7O10/c1-3-40(57)24-12-29-35-22(16-48(29)38(55)23(24)17-58-39(40)56)34-26(5-4-21-18(2)25(41)13-28(46-35)33(21)34)47-36(53)20-10-19(11-20)8-9-43-31(50)15-44-37(54)27(6-7-32(51)52)45-30(49)14-42/h12-13,19-20,26-27,57H,3-11,14-17,42H2,1-2H3,(H,43,50)(H,44,54)(H,45,49)(H,47,53)(H,51,52)/t19-,20+,26-,27-,40-/m0/s1. The van der Waals surface area contributed by atoms with Crippen molar-refractivity contribution in [2.75, 3.05) is 19.6 Å². The van der Waals surface area contributed by atoms with Crippen LogP contribution in [-0.2, 0) is 58.7 Å². The molecule has 308 valence electrons. The number of carbonyl (C=O) groups excluding carboxylic acids is 5. The molecule has 7 rings (SSSR count). The quantitative estimate of drug-likeness (QED) is 0.0865. The van der Waals surface area contributed by atoms with Gasteiger partial charge in [-0.2, -0.15) is 0 Å². The molecule has 18 heteroatoms. The molecule has 0 radical (unpaired) electrons. The molecule has 1 aromatic carbocycles. The predicted octanol–water partition coefficient (Wildman–Crippen LogP) is 0.588. The molecule has 2 aromatic heterocycles. The van der Waals surface area contributed by atoms with Crippen molar-refractivity contribution >= 4 is 46.5 Å². The maximum atomic E-state index is 15.3. The van der Waals surface area contributed by atoms with Gasteiger partial charge >= 0.3 is 11.9 Å². The molecule has 17 nitrogen and oxygen atoms in total. The van der Waals surface area contributed by atoms with Crippen molar-refractivity contribution in [3.63, 3.8) is 0 Å². The van der Waals surface area contributed by atoms with Gasteiger partial charge in [0.15, 0.2) is 5.60 Å². The fourth-order valence-corrected chi connectivity index (χ4v) is 8.73. The molecule has 0 unspecified atom stereocenters. The first-order valence-corrected chi connectivity index (χ1v) is 19.5. The van der Waals surface area contributed by atoms with E-state index in [-0.39, 0.29) is 74.4 Å². The minimum atomic E-state index is -2.01. The zero-order valence-corrected chi connectivity index (χ0v) is 32.2. The number of aliphatic carboxylic acids is 1. The van der Waals surface area contributed by atoms with Gasteiger partial charge < -0.3 is 46.5 Å². The molecule has 8 N–H and O–H groups in total. The Morgan fingerprint density at radius 3 is 2.57 bits per heavy atom. The summed E-state index contributed by atoms with van der Waals surface area (Å²) in [5, 5.41) is 31.7. The van der Waals surface area contributed by atoms with Gasteiger partial charge in [0.1, 0.15) is 18.5 Å². The van der Waals surface area contributed by atoms with Crippen molar-refractivity contribution in [1.29, 1.82) is 0 Å². The summed E-state index contributed by atoms with van der Waals surface area (Å²) in [6, 6.07) is 1.37. The van der Waals surface area contributed by atoms with E-state index in [1.807, 2.05) is 0 Å².